The molecule has 1 amide bonds. The average molecular weight is 398 g/mol. The first kappa shape index (κ1) is 18.4. The van der Waals surface area contributed by atoms with Crippen LogP contribution in [0, 0.1) is 5.92 Å². The van der Waals surface area contributed by atoms with Crippen LogP contribution in [0.5, 0.6) is 0 Å². The summed E-state index contributed by atoms with van der Waals surface area (Å²) in [6.07, 6.45) is -3.41. The first-order valence-corrected chi connectivity index (χ1v) is 8.50. The van der Waals surface area contributed by atoms with Crippen molar-refractivity contribution in [3.8, 4) is 0 Å². The summed E-state index contributed by atoms with van der Waals surface area (Å²) < 4.78 is 42.1. The van der Waals surface area contributed by atoms with Gasteiger partial charge in [0.2, 0.25) is 0 Å². The smallest absolute Gasteiger partial charge is 0.417 e. The van der Waals surface area contributed by atoms with Gasteiger partial charge in [0, 0.05) is 38.3 Å². The number of anilines is 1. The molecule has 0 spiro atoms. The minimum absolute atomic E-state index is 0.0302. The predicted molar refractivity (Wildman–Crippen MR) is 86.9 cm³/mol. The highest BCUT2D eigenvalue weighted by Gasteiger charge is 2.52. The molecule has 1 aliphatic carbocycles. The molecule has 5 nitrogen and oxygen atoms in total. The van der Waals surface area contributed by atoms with Crippen molar-refractivity contribution >= 4 is 35.1 Å². The number of carbonyl (C=O) groups excluding carboxylic acids is 1. The van der Waals surface area contributed by atoms with Crippen LogP contribution < -0.4 is 4.90 Å². The van der Waals surface area contributed by atoms with Gasteiger partial charge < -0.3 is 14.5 Å². The van der Waals surface area contributed by atoms with Crippen LogP contribution in [0.25, 0.3) is 0 Å². The molecule has 1 atom stereocenters. The maximum absolute atomic E-state index is 12.6. The largest absolute Gasteiger partial charge is 0.449 e. The summed E-state index contributed by atoms with van der Waals surface area (Å²) in [5.74, 6) is 0.422. The van der Waals surface area contributed by atoms with Crippen LogP contribution in [0.2, 0.25) is 0 Å². The van der Waals surface area contributed by atoms with Crippen molar-refractivity contribution in [3.05, 3.63) is 23.9 Å². The van der Waals surface area contributed by atoms with Crippen LogP contribution in [0.4, 0.5) is 23.8 Å². The third kappa shape index (κ3) is 4.41. The summed E-state index contributed by atoms with van der Waals surface area (Å²) in [4.78, 5) is 19.2. The number of carbonyl (C=O) groups is 1. The van der Waals surface area contributed by atoms with Gasteiger partial charge in [0.1, 0.15) is 10.2 Å². The fourth-order valence-corrected chi connectivity index (χ4v) is 3.07. The summed E-state index contributed by atoms with van der Waals surface area (Å²) in [6.45, 7) is 1.92. The number of nitrogens with zero attached hydrogens (tertiary/aromatic N) is 3. The number of aromatic nitrogens is 1. The number of rotatable bonds is 3. The van der Waals surface area contributed by atoms with Crippen LogP contribution in [0.15, 0.2) is 18.3 Å². The summed E-state index contributed by atoms with van der Waals surface area (Å²) in [5.41, 5.74) is -0.784. The fourth-order valence-electron chi connectivity index (χ4n) is 2.57. The number of pyridine rings is 1. The lowest BCUT2D eigenvalue weighted by Gasteiger charge is -2.34. The molecule has 0 aromatic carbocycles. The third-order valence-electron chi connectivity index (χ3n) is 4.30. The Morgan fingerprint density at radius 2 is 1.92 bits per heavy atom. The Balaban J connectivity index is 1.47. The maximum atomic E-state index is 12.6. The van der Waals surface area contributed by atoms with E-state index in [1.807, 2.05) is 4.90 Å². The van der Waals surface area contributed by atoms with Crippen LogP contribution in [-0.4, -0.2) is 53.1 Å². The van der Waals surface area contributed by atoms with E-state index in [1.165, 1.54) is 6.07 Å². The van der Waals surface area contributed by atoms with Crippen molar-refractivity contribution in [2.45, 2.75) is 16.9 Å². The molecule has 0 N–H and O–H groups in total. The normalized spacial score (nSPS) is 22.7. The van der Waals surface area contributed by atoms with E-state index in [9.17, 15) is 18.0 Å². The van der Waals surface area contributed by atoms with E-state index in [-0.39, 0.29) is 12.5 Å². The van der Waals surface area contributed by atoms with Crippen LogP contribution in [0.3, 0.4) is 0 Å². The van der Waals surface area contributed by atoms with Crippen LogP contribution in [0.1, 0.15) is 12.0 Å². The summed E-state index contributed by atoms with van der Waals surface area (Å²) in [5, 5.41) is 0. The minimum Gasteiger partial charge on any atom is -0.449 e. The van der Waals surface area contributed by atoms with Crippen molar-refractivity contribution < 1.29 is 22.7 Å². The second kappa shape index (κ2) is 6.72. The Hall–Kier alpha value is -1.41. The fraction of sp³-hybridized carbons (Fsp3) is 0.600. The molecule has 1 saturated heterocycles. The Kier molecular flexibility index (Phi) is 4.94. The number of ether oxygens (including phenoxy) is 1. The summed E-state index contributed by atoms with van der Waals surface area (Å²) in [6, 6.07) is 2.34. The van der Waals surface area contributed by atoms with Gasteiger partial charge in [-0.05, 0) is 18.6 Å². The highest BCUT2D eigenvalue weighted by Crippen LogP contribution is 2.53. The summed E-state index contributed by atoms with van der Waals surface area (Å²) in [7, 11) is 0. The molecule has 0 radical (unpaired) electrons. The number of amides is 1. The number of hydrogen-bond acceptors (Lipinski definition) is 4. The number of halogens is 5. The van der Waals surface area contributed by atoms with Crippen molar-refractivity contribution in [1.29, 1.82) is 0 Å². The van der Waals surface area contributed by atoms with Crippen molar-refractivity contribution in [2.75, 3.05) is 37.7 Å². The lowest BCUT2D eigenvalue weighted by atomic mass is 10.2. The Morgan fingerprint density at radius 3 is 2.40 bits per heavy atom. The Labute approximate surface area is 152 Å². The molecule has 2 heterocycles. The highest BCUT2D eigenvalue weighted by molar-refractivity contribution is 6.50. The maximum Gasteiger partial charge on any atom is 0.417 e. The van der Waals surface area contributed by atoms with Gasteiger partial charge in [0.15, 0.2) is 0 Å². The van der Waals surface area contributed by atoms with Gasteiger partial charge in [-0.15, -0.1) is 23.2 Å². The second-order valence-corrected chi connectivity index (χ2v) is 7.66. The Bertz CT molecular complexity index is 632. The zero-order valence-electron chi connectivity index (χ0n) is 13.1. The molecular formula is C15H16Cl2F3N3O2. The van der Waals surface area contributed by atoms with Crippen molar-refractivity contribution in [1.82, 2.24) is 9.88 Å². The molecule has 10 heteroatoms. The first-order valence-electron chi connectivity index (χ1n) is 7.74. The molecule has 1 unspecified atom stereocenters. The van der Waals surface area contributed by atoms with E-state index in [0.29, 0.717) is 38.4 Å². The predicted octanol–water partition coefficient (Wildman–Crippen LogP) is 3.55. The zero-order valence-corrected chi connectivity index (χ0v) is 14.6. The van der Waals surface area contributed by atoms with Gasteiger partial charge in [-0.2, -0.15) is 13.2 Å². The molecule has 1 aromatic heterocycles. The molecule has 1 aliphatic heterocycles. The average Bonchev–Trinajstić information content (AvgIpc) is 3.19. The SMILES string of the molecule is O=C(OCC1CC1(Cl)Cl)N1CCN(c2ccc(C(F)(F)F)cn2)CC1. The lowest BCUT2D eigenvalue weighted by molar-refractivity contribution is -0.137. The number of hydrogen-bond donors (Lipinski definition) is 0. The second-order valence-electron chi connectivity index (χ2n) is 6.12. The van der Waals surface area contributed by atoms with Crippen LogP contribution >= 0.6 is 23.2 Å². The standard InChI is InChI=1S/C15H16Cl2F3N3O2/c16-14(17)7-11(14)9-25-13(24)23-5-3-22(4-6-23)12-2-1-10(8-21-12)15(18,19)20/h1-2,8,11H,3-7,9H2. The molecule has 2 fully saturated rings. The molecule has 138 valence electrons. The number of piperazine rings is 1. The van der Waals surface area contributed by atoms with Crippen molar-refractivity contribution in [2.24, 2.45) is 5.92 Å². The van der Waals surface area contributed by atoms with Gasteiger partial charge >= 0.3 is 12.3 Å². The third-order valence-corrected chi connectivity index (χ3v) is 5.23. The van der Waals surface area contributed by atoms with Gasteiger partial charge in [0.25, 0.3) is 0 Å². The van der Waals surface area contributed by atoms with E-state index >= 15 is 0 Å². The van der Waals surface area contributed by atoms with E-state index in [2.05, 4.69) is 4.98 Å². The monoisotopic (exact) mass is 397 g/mol. The molecular weight excluding hydrogens is 382 g/mol. The molecule has 3 rings (SSSR count). The first-order chi connectivity index (χ1) is 11.7. The molecule has 25 heavy (non-hydrogen) atoms. The summed E-state index contributed by atoms with van der Waals surface area (Å²) >= 11 is 11.8. The van der Waals surface area contributed by atoms with E-state index in [4.69, 9.17) is 27.9 Å². The van der Waals surface area contributed by atoms with E-state index in [0.717, 1.165) is 12.3 Å². The van der Waals surface area contributed by atoms with Crippen LogP contribution in [-0.2, 0) is 10.9 Å². The molecule has 0 bridgehead atoms. The van der Waals surface area contributed by atoms with Gasteiger partial charge in [0.05, 0.1) is 12.2 Å². The lowest BCUT2D eigenvalue weighted by Crippen LogP contribution is -2.49. The van der Waals surface area contributed by atoms with Crippen molar-refractivity contribution in [3.63, 3.8) is 0 Å². The quantitative estimate of drug-likeness (QED) is 0.731. The topological polar surface area (TPSA) is 45.7 Å². The van der Waals surface area contributed by atoms with E-state index in [1.54, 1.807) is 4.90 Å². The van der Waals surface area contributed by atoms with Gasteiger partial charge in [-0.1, -0.05) is 0 Å². The molecule has 1 saturated carbocycles. The molecule has 1 aromatic rings. The minimum atomic E-state index is -4.40. The highest BCUT2D eigenvalue weighted by atomic mass is 35.5. The van der Waals surface area contributed by atoms with Gasteiger partial charge in [-0.3, -0.25) is 0 Å². The molecule has 2 aliphatic rings. The Morgan fingerprint density at radius 1 is 1.28 bits per heavy atom. The van der Waals surface area contributed by atoms with E-state index < -0.39 is 22.2 Å². The zero-order chi connectivity index (χ0) is 18.2. The number of alkyl halides is 5. The van der Waals surface area contributed by atoms with Gasteiger partial charge in [-0.25, -0.2) is 9.78 Å².